The van der Waals surface area contributed by atoms with Gasteiger partial charge in [-0.15, -0.1) is 6.58 Å². The van der Waals surface area contributed by atoms with E-state index < -0.39 is 0 Å². The third kappa shape index (κ3) is 7.04. The first kappa shape index (κ1) is 23.7. The smallest absolute Gasteiger partial charge is 0.119 e. The minimum absolute atomic E-state index is 0.112. The van der Waals surface area contributed by atoms with Gasteiger partial charge in [-0.25, -0.2) is 0 Å². The summed E-state index contributed by atoms with van der Waals surface area (Å²) in [5.41, 5.74) is 4.12. The summed E-state index contributed by atoms with van der Waals surface area (Å²) in [6, 6.07) is 30.3. The Morgan fingerprint density at radius 1 is 0.794 bits per heavy atom. The number of benzene rings is 3. The van der Waals surface area contributed by atoms with Gasteiger partial charge in [-0.1, -0.05) is 96.8 Å². The maximum Gasteiger partial charge on any atom is 0.119 e. The highest BCUT2D eigenvalue weighted by Crippen LogP contribution is 2.26. The SMILES string of the molecule is C=CC[C@@H]1C=C(C#Cc2ccccc2)[C@H](OCc2ccccc2)[C@@H](COCc2ccccc2)O1. The van der Waals surface area contributed by atoms with Crippen molar-refractivity contribution < 1.29 is 14.2 Å². The zero-order chi connectivity index (χ0) is 23.4. The van der Waals surface area contributed by atoms with Crippen molar-refractivity contribution in [1.29, 1.82) is 0 Å². The molecule has 3 heteroatoms. The maximum absolute atomic E-state index is 6.41. The maximum atomic E-state index is 6.41. The first-order valence-electron chi connectivity index (χ1n) is 11.6. The predicted octanol–water partition coefficient (Wildman–Crippen LogP) is 6.11. The van der Waals surface area contributed by atoms with Gasteiger partial charge < -0.3 is 14.2 Å². The van der Waals surface area contributed by atoms with Gasteiger partial charge >= 0.3 is 0 Å². The average molecular weight is 451 g/mol. The zero-order valence-corrected chi connectivity index (χ0v) is 19.3. The van der Waals surface area contributed by atoms with Crippen molar-refractivity contribution in [3.8, 4) is 11.8 Å². The van der Waals surface area contributed by atoms with E-state index in [1.54, 1.807) is 0 Å². The van der Waals surface area contributed by atoms with Crippen LogP contribution in [0.1, 0.15) is 23.1 Å². The van der Waals surface area contributed by atoms with Crippen LogP contribution >= 0.6 is 0 Å². The molecule has 3 atom stereocenters. The van der Waals surface area contributed by atoms with E-state index >= 15 is 0 Å². The summed E-state index contributed by atoms with van der Waals surface area (Å²) in [5.74, 6) is 6.65. The van der Waals surface area contributed by atoms with E-state index in [1.165, 1.54) is 0 Å². The van der Waals surface area contributed by atoms with Crippen molar-refractivity contribution in [2.24, 2.45) is 0 Å². The molecule has 0 radical (unpaired) electrons. The molecule has 0 aliphatic carbocycles. The van der Waals surface area contributed by atoms with E-state index in [2.05, 4.69) is 48.8 Å². The normalized spacial score (nSPS) is 19.5. The standard InChI is InChI=1S/C31H30O3/c1-2-12-29-21-28(20-19-25-13-6-3-7-14-25)31(33-23-27-17-10-5-11-18-27)30(34-29)24-32-22-26-15-8-4-9-16-26/h2-11,13-18,21,29-31H,1,12,22-24H2/t29-,30-,31+/m1/s1. The van der Waals surface area contributed by atoms with Crippen molar-refractivity contribution in [1.82, 2.24) is 0 Å². The molecule has 0 bridgehead atoms. The molecule has 0 unspecified atom stereocenters. The Morgan fingerprint density at radius 2 is 1.41 bits per heavy atom. The Labute approximate surface area is 202 Å². The first-order valence-corrected chi connectivity index (χ1v) is 11.6. The Balaban J connectivity index is 1.55. The van der Waals surface area contributed by atoms with Crippen LogP contribution in [0.25, 0.3) is 0 Å². The summed E-state index contributed by atoms with van der Waals surface area (Å²) < 4.78 is 18.9. The first-order chi connectivity index (χ1) is 16.8. The van der Waals surface area contributed by atoms with Gasteiger partial charge in [0.2, 0.25) is 0 Å². The van der Waals surface area contributed by atoms with E-state index in [1.807, 2.05) is 72.8 Å². The zero-order valence-electron chi connectivity index (χ0n) is 19.3. The van der Waals surface area contributed by atoms with Crippen LogP contribution in [0.15, 0.2) is 115 Å². The lowest BCUT2D eigenvalue weighted by molar-refractivity contribution is -0.121. The predicted molar refractivity (Wildman–Crippen MR) is 136 cm³/mol. The summed E-state index contributed by atoms with van der Waals surface area (Å²) in [6.07, 6.45) is 3.93. The molecule has 1 aliphatic rings. The molecule has 1 heterocycles. The van der Waals surface area contributed by atoms with E-state index in [9.17, 15) is 0 Å². The molecular formula is C31H30O3. The van der Waals surface area contributed by atoms with Gasteiger partial charge in [0, 0.05) is 11.1 Å². The van der Waals surface area contributed by atoms with Crippen molar-refractivity contribution in [3.63, 3.8) is 0 Å². The third-order valence-corrected chi connectivity index (χ3v) is 5.55. The number of hydrogen-bond donors (Lipinski definition) is 0. The lowest BCUT2D eigenvalue weighted by Gasteiger charge is -2.34. The molecule has 0 aromatic heterocycles. The topological polar surface area (TPSA) is 27.7 Å². The second kappa shape index (κ2) is 12.7. The van der Waals surface area contributed by atoms with Gasteiger partial charge in [0.1, 0.15) is 12.2 Å². The van der Waals surface area contributed by atoms with Crippen LogP contribution in [0.3, 0.4) is 0 Å². The molecule has 0 saturated carbocycles. The molecule has 0 fully saturated rings. The van der Waals surface area contributed by atoms with Crippen molar-refractivity contribution in [2.75, 3.05) is 6.61 Å². The molecule has 34 heavy (non-hydrogen) atoms. The molecule has 3 aromatic rings. The number of hydrogen-bond acceptors (Lipinski definition) is 3. The van der Waals surface area contributed by atoms with E-state index in [-0.39, 0.29) is 18.3 Å². The van der Waals surface area contributed by atoms with Crippen LogP contribution in [-0.2, 0) is 27.4 Å². The quantitative estimate of drug-likeness (QED) is 0.291. The van der Waals surface area contributed by atoms with Crippen molar-refractivity contribution >= 4 is 0 Å². The second-order valence-electron chi connectivity index (χ2n) is 8.19. The highest BCUT2D eigenvalue weighted by Gasteiger charge is 2.33. The van der Waals surface area contributed by atoms with Crippen LogP contribution in [0.5, 0.6) is 0 Å². The largest absolute Gasteiger partial charge is 0.374 e. The highest BCUT2D eigenvalue weighted by molar-refractivity contribution is 5.43. The minimum atomic E-state index is -0.326. The van der Waals surface area contributed by atoms with Crippen LogP contribution in [-0.4, -0.2) is 24.9 Å². The Bertz CT molecular complexity index is 1110. The molecule has 172 valence electrons. The minimum Gasteiger partial charge on any atom is -0.374 e. The number of ether oxygens (including phenoxy) is 3. The van der Waals surface area contributed by atoms with Crippen LogP contribution in [0.2, 0.25) is 0 Å². The van der Waals surface area contributed by atoms with Crippen molar-refractivity contribution in [2.45, 2.75) is 37.9 Å². The summed E-state index contributed by atoms with van der Waals surface area (Å²) in [6.45, 7) is 5.29. The molecule has 1 aliphatic heterocycles. The van der Waals surface area contributed by atoms with E-state index in [0.717, 1.165) is 22.3 Å². The highest BCUT2D eigenvalue weighted by atomic mass is 16.6. The van der Waals surface area contributed by atoms with E-state index in [4.69, 9.17) is 14.2 Å². The Kier molecular flexibility index (Phi) is 8.88. The van der Waals surface area contributed by atoms with Gasteiger partial charge in [-0.2, -0.15) is 0 Å². The number of rotatable bonds is 9. The summed E-state index contributed by atoms with van der Waals surface area (Å²) in [4.78, 5) is 0. The van der Waals surface area contributed by atoms with Gasteiger partial charge in [0.15, 0.2) is 0 Å². The summed E-state index contributed by atoms with van der Waals surface area (Å²) >= 11 is 0. The summed E-state index contributed by atoms with van der Waals surface area (Å²) in [5, 5.41) is 0. The molecule has 0 saturated heterocycles. The van der Waals surface area contributed by atoms with Gasteiger partial charge in [0.05, 0.1) is 25.9 Å². The van der Waals surface area contributed by atoms with Gasteiger partial charge in [-0.05, 0) is 35.8 Å². The molecule has 3 nitrogen and oxygen atoms in total. The van der Waals surface area contributed by atoms with Crippen LogP contribution in [0.4, 0.5) is 0 Å². The third-order valence-electron chi connectivity index (χ3n) is 5.55. The lowest BCUT2D eigenvalue weighted by atomic mass is 9.97. The Hall–Kier alpha value is -3.42. The Morgan fingerprint density at radius 3 is 2.06 bits per heavy atom. The fourth-order valence-electron chi connectivity index (χ4n) is 3.85. The summed E-state index contributed by atoms with van der Waals surface area (Å²) in [7, 11) is 0. The van der Waals surface area contributed by atoms with Gasteiger partial charge in [-0.3, -0.25) is 0 Å². The molecule has 4 rings (SSSR count). The average Bonchev–Trinajstić information content (AvgIpc) is 2.89. The fourth-order valence-corrected chi connectivity index (χ4v) is 3.85. The monoisotopic (exact) mass is 450 g/mol. The second-order valence-corrected chi connectivity index (χ2v) is 8.19. The molecule has 0 N–H and O–H groups in total. The lowest BCUT2D eigenvalue weighted by Crippen LogP contribution is -2.42. The van der Waals surface area contributed by atoms with Gasteiger partial charge in [0.25, 0.3) is 0 Å². The fraction of sp³-hybridized carbons (Fsp3) is 0.226. The van der Waals surface area contributed by atoms with Crippen molar-refractivity contribution in [3.05, 3.63) is 132 Å². The molecule has 3 aromatic carbocycles. The van der Waals surface area contributed by atoms with E-state index in [0.29, 0.717) is 26.2 Å². The molecule has 0 amide bonds. The molecular weight excluding hydrogens is 420 g/mol. The van der Waals surface area contributed by atoms with Crippen LogP contribution < -0.4 is 0 Å². The van der Waals surface area contributed by atoms with Crippen LogP contribution in [0, 0.1) is 11.8 Å². The molecule has 0 spiro atoms.